The lowest BCUT2D eigenvalue weighted by Gasteiger charge is -2.38. The Morgan fingerprint density at radius 3 is 2.56 bits per heavy atom. The number of sulfonamides is 1. The molecule has 0 spiro atoms. The molecule has 184 valence electrons. The Labute approximate surface area is 201 Å². The quantitative estimate of drug-likeness (QED) is 0.673. The molecule has 1 aliphatic heterocycles. The Balaban J connectivity index is 1.74. The predicted octanol–water partition coefficient (Wildman–Crippen LogP) is 2.78. The fourth-order valence-corrected chi connectivity index (χ4v) is 6.32. The van der Waals surface area contributed by atoms with Gasteiger partial charge in [0.2, 0.25) is 15.9 Å². The molecule has 34 heavy (non-hydrogen) atoms. The summed E-state index contributed by atoms with van der Waals surface area (Å²) in [5, 5.41) is 9.79. The van der Waals surface area contributed by atoms with Gasteiger partial charge in [-0.15, -0.1) is 0 Å². The molecule has 1 fully saturated rings. The highest BCUT2D eigenvalue weighted by Crippen LogP contribution is 2.37. The van der Waals surface area contributed by atoms with Gasteiger partial charge in [-0.3, -0.25) is 9.78 Å². The summed E-state index contributed by atoms with van der Waals surface area (Å²) in [4.78, 5) is 18.6. The fraction of sp³-hybridized carbons (Fsp3) is 0.520. The normalized spacial score (nSPS) is 23.5. The summed E-state index contributed by atoms with van der Waals surface area (Å²) in [5.74, 6) is 0.234. The highest BCUT2D eigenvalue weighted by Gasteiger charge is 2.39. The van der Waals surface area contributed by atoms with Gasteiger partial charge in [-0.05, 0) is 55.2 Å². The fourth-order valence-electron chi connectivity index (χ4n) is 4.49. The number of nitrogens with zero attached hydrogens (tertiary/aromatic N) is 3. The zero-order valence-corrected chi connectivity index (χ0v) is 20.7. The van der Waals surface area contributed by atoms with Crippen LogP contribution in [0.25, 0.3) is 11.1 Å². The molecule has 1 N–H and O–H groups in total. The zero-order valence-electron chi connectivity index (χ0n) is 19.9. The van der Waals surface area contributed by atoms with E-state index in [4.69, 9.17) is 4.74 Å². The molecule has 8 nitrogen and oxygen atoms in total. The topological polar surface area (TPSA) is 100 Å². The van der Waals surface area contributed by atoms with Crippen molar-refractivity contribution in [2.75, 3.05) is 26.7 Å². The molecule has 0 radical (unpaired) electrons. The number of aliphatic hydroxyl groups is 1. The number of benzene rings is 1. The van der Waals surface area contributed by atoms with Crippen molar-refractivity contribution in [3.8, 4) is 16.9 Å². The summed E-state index contributed by atoms with van der Waals surface area (Å²) in [5.41, 5.74) is 1.70. The Hall–Kier alpha value is -2.49. The van der Waals surface area contributed by atoms with E-state index >= 15 is 0 Å². The van der Waals surface area contributed by atoms with Crippen LogP contribution in [0.2, 0.25) is 0 Å². The summed E-state index contributed by atoms with van der Waals surface area (Å²) >= 11 is 0. The van der Waals surface area contributed by atoms with Crippen molar-refractivity contribution in [2.45, 2.75) is 50.2 Å². The second-order valence-corrected chi connectivity index (χ2v) is 11.3. The lowest BCUT2D eigenvalue weighted by atomic mass is 9.84. The minimum absolute atomic E-state index is 0.0653. The number of likely N-dealkylation sites (N-methyl/N-ethyl adjacent to an activating group) is 1. The molecule has 1 aromatic carbocycles. The summed E-state index contributed by atoms with van der Waals surface area (Å²) in [6.07, 6.45) is 5.87. The van der Waals surface area contributed by atoms with E-state index in [1.165, 1.54) is 4.31 Å². The average Bonchev–Trinajstić information content (AvgIpc) is 2.79. The Morgan fingerprint density at radius 2 is 1.94 bits per heavy atom. The molecular formula is C25H33N3O5S. The van der Waals surface area contributed by atoms with Crippen LogP contribution in [-0.4, -0.2) is 72.5 Å². The maximum Gasteiger partial charge on any atom is 0.247 e. The highest BCUT2D eigenvalue weighted by atomic mass is 32.2. The van der Waals surface area contributed by atoms with Gasteiger partial charge in [0.25, 0.3) is 0 Å². The lowest BCUT2D eigenvalue weighted by molar-refractivity contribution is -0.138. The van der Waals surface area contributed by atoms with E-state index in [0.29, 0.717) is 6.54 Å². The van der Waals surface area contributed by atoms with Crippen LogP contribution >= 0.6 is 0 Å². The third-order valence-corrected chi connectivity index (χ3v) is 8.98. The molecule has 2 aromatic rings. The summed E-state index contributed by atoms with van der Waals surface area (Å²) in [6, 6.07) is 8.17. The van der Waals surface area contributed by atoms with Crippen LogP contribution in [-0.2, 0) is 14.8 Å². The highest BCUT2D eigenvalue weighted by molar-refractivity contribution is 7.89. The molecule has 3 atom stereocenters. The SMILES string of the molecule is C[C@H]1CN([C@@H](C)CO)S(=O)(=O)c2ccc(-c3ccncc3)cc2O[C@H]1CN(C)C(=O)C1CCC1. The van der Waals surface area contributed by atoms with Crippen LogP contribution in [0.4, 0.5) is 0 Å². The van der Waals surface area contributed by atoms with E-state index in [-0.39, 0.29) is 41.5 Å². The number of ether oxygens (including phenoxy) is 1. The van der Waals surface area contributed by atoms with E-state index in [1.54, 1.807) is 49.5 Å². The monoisotopic (exact) mass is 487 g/mol. The first-order chi connectivity index (χ1) is 16.2. The van der Waals surface area contributed by atoms with Gasteiger partial charge in [-0.25, -0.2) is 8.42 Å². The van der Waals surface area contributed by atoms with Crippen molar-refractivity contribution in [2.24, 2.45) is 11.8 Å². The molecule has 1 aromatic heterocycles. The number of aliphatic hydroxyl groups excluding tert-OH is 1. The van der Waals surface area contributed by atoms with Crippen molar-refractivity contribution in [1.29, 1.82) is 0 Å². The number of aromatic nitrogens is 1. The molecule has 1 aliphatic carbocycles. The van der Waals surface area contributed by atoms with Crippen molar-refractivity contribution < 1.29 is 23.1 Å². The van der Waals surface area contributed by atoms with Crippen molar-refractivity contribution in [3.05, 3.63) is 42.7 Å². The van der Waals surface area contributed by atoms with Crippen LogP contribution in [0.1, 0.15) is 33.1 Å². The first-order valence-electron chi connectivity index (χ1n) is 11.8. The Morgan fingerprint density at radius 1 is 1.24 bits per heavy atom. The second-order valence-electron chi connectivity index (χ2n) is 9.48. The number of amides is 1. The first-order valence-corrected chi connectivity index (χ1v) is 13.2. The summed E-state index contributed by atoms with van der Waals surface area (Å²) in [7, 11) is -2.12. The van der Waals surface area contributed by atoms with Crippen LogP contribution in [0.15, 0.2) is 47.6 Å². The standard InChI is InChI=1S/C25H33N3O5S/c1-17-14-28(18(2)16-29)34(31,32)24-8-7-21(19-9-11-26-12-10-19)13-22(24)33-23(17)15-27(3)25(30)20-5-4-6-20/h7-13,17-18,20,23,29H,4-6,14-16H2,1-3H3/t17-,18-,23-/m0/s1. The number of carbonyl (C=O) groups excluding carboxylic acids is 1. The van der Waals surface area contributed by atoms with Crippen molar-refractivity contribution in [3.63, 3.8) is 0 Å². The van der Waals surface area contributed by atoms with Gasteiger partial charge in [0.15, 0.2) is 0 Å². The number of pyridine rings is 1. The van der Waals surface area contributed by atoms with Gasteiger partial charge in [0, 0.05) is 43.9 Å². The van der Waals surface area contributed by atoms with E-state index in [1.807, 2.05) is 19.1 Å². The van der Waals surface area contributed by atoms with Crippen molar-refractivity contribution in [1.82, 2.24) is 14.2 Å². The van der Waals surface area contributed by atoms with Gasteiger partial charge in [-0.2, -0.15) is 4.31 Å². The smallest absolute Gasteiger partial charge is 0.247 e. The largest absolute Gasteiger partial charge is 0.487 e. The van der Waals surface area contributed by atoms with Gasteiger partial charge < -0.3 is 14.7 Å². The van der Waals surface area contributed by atoms with Gasteiger partial charge in [0.1, 0.15) is 16.7 Å². The maximum absolute atomic E-state index is 13.6. The van der Waals surface area contributed by atoms with E-state index in [9.17, 15) is 18.3 Å². The third kappa shape index (κ3) is 4.82. The number of hydrogen-bond donors (Lipinski definition) is 1. The van der Waals surface area contributed by atoms with Gasteiger partial charge in [-0.1, -0.05) is 19.4 Å². The lowest BCUT2D eigenvalue weighted by Crippen LogP contribution is -2.50. The van der Waals surface area contributed by atoms with Crippen LogP contribution in [0.5, 0.6) is 5.75 Å². The second kappa shape index (κ2) is 10.0. The molecule has 9 heteroatoms. The molecule has 2 heterocycles. The van der Waals surface area contributed by atoms with Gasteiger partial charge >= 0.3 is 0 Å². The molecule has 1 amide bonds. The Bertz CT molecular complexity index is 1120. The molecule has 4 rings (SSSR count). The van der Waals surface area contributed by atoms with Crippen LogP contribution in [0, 0.1) is 11.8 Å². The first kappa shape index (κ1) is 24.6. The zero-order chi connectivity index (χ0) is 24.5. The molecular weight excluding hydrogens is 454 g/mol. The third-order valence-electron chi connectivity index (χ3n) is 6.97. The number of rotatable bonds is 6. The summed E-state index contributed by atoms with van der Waals surface area (Å²) < 4.78 is 34.9. The molecule has 0 unspecified atom stereocenters. The van der Waals surface area contributed by atoms with Crippen LogP contribution in [0.3, 0.4) is 0 Å². The number of carbonyl (C=O) groups is 1. The molecule has 2 aliphatic rings. The van der Waals surface area contributed by atoms with Gasteiger partial charge in [0.05, 0.1) is 13.2 Å². The van der Waals surface area contributed by atoms with Crippen molar-refractivity contribution >= 4 is 15.9 Å². The van der Waals surface area contributed by atoms with E-state index in [2.05, 4.69) is 4.98 Å². The number of fused-ring (bicyclic) bond motifs is 1. The molecule has 0 bridgehead atoms. The van der Waals surface area contributed by atoms with E-state index in [0.717, 1.165) is 30.4 Å². The molecule has 0 saturated heterocycles. The predicted molar refractivity (Wildman–Crippen MR) is 129 cm³/mol. The average molecular weight is 488 g/mol. The molecule has 1 saturated carbocycles. The minimum atomic E-state index is -3.91. The Kier molecular flexibility index (Phi) is 7.25. The minimum Gasteiger partial charge on any atom is -0.487 e. The van der Waals surface area contributed by atoms with Crippen LogP contribution < -0.4 is 4.74 Å². The summed E-state index contributed by atoms with van der Waals surface area (Å²) in [6.45, 7) is 3.88. The maximum atomic E-state index is 13.6. The van der Waals surface area contributed by atoms with E-state index < -0.39 is 22.2 Å². The number of hydrogen-bond acceptors (Lipinski definition) is 6.